The fourth-order valence-electron chi connectivity index (χ4n) is 2.79. The van der Waals surface area contributed by atoms with Crippen LogP contribution in [-0.4, -0.2) is 49.8 Å². The lowest BCUT2D eigenvalue weighted by molar-refractivity contribution is -0.0233. The molecule has 3 rings (SSSR count). The molecule has 1 aliphatic heterocycles. The van der Waals surface area contributed by atoms with E-state index in [9.17, 15) is 24.2 Å². The highest BCUT2D eigenvalue weighted by molar-refractivity contribution is 5.18. The summed E-state index contributed by atoms with van der Waals surface area (Å²) >= 11 is 0. The quantitative estimate of drug-likeness (QED) is 0.552. The van der Waals surface area contributed by atoms with Gasteiger partial charge in [-0.05, 0) is 17.7 Å². The third-order valence-electron chi connectivity index (χ3n) is 4.15. The lowest BCUT2D eigenvalue weighted by Gasteiger charge is -2.15. The van der Waals surface area contributed by atoms with Crippen LogP contribution in [0.15, 0.2) is 40.1 Å². The minimum absolute atomic E-state index is 0.0517. The fourth-order valence-corrected chi connectivity index (χ4v) is 2.79. The van der Waals surface area contributed by atoms with Crippen molar-refractivity contribution in [1.29, 1.82) is 0 Å². The predicted molar refractivity (Wildman–Crippen MR) is 83.5 cm³/mol. The van der Waals surface area contributed by atoms with Crippen molar-refractivity contribution in [2.24, 2.45) is 0 Å². The van der Waals surface area contributed by atoms with Crippen LogP contribution < -0.4 is 11.2 Å². The summed E-state index contributed by atoms with van der Waals surface area (Å²) in [7, 11) is 0. The van der Waals surface area contributed by atoms with Crippen molar-refractivity contribution in [2.45, 2.75) is 31.0 Å². The van der Waals surface area contributed by atoms with Gasteiger partial charge in [0, 0.05) is 6.20 Å². The topological polar surface area (TPSA) is 125 Å². The van der Waals surface area contributed by atoms with Crippen molar-refractivity contribution < 1.29 is 24.4 Å². The molecule has 0 amide bonds. The van der Waals surface area contributed by atoms with Crippen LogP contribution in [-0.2, 0) is 11.3 Å². The van der Waals surface area contributed by atoms with Gasteiger partial charge >= 0.3 is 5.69 Å². The molecule has 134 valence electrons. The second-order valence-electron chi connectivity index (χ2n) is 5.86. The molecular weight excluding hydrogens is 335 g/mol. The van der Waals surface area contributed by atoms with Crippen molar-refractivity contribution in [2.75, 3.05) is 6.61 Å². The number of benzene rings is 1. The van der Waals surface area contributed by atoms with E-state index in [4.69, 9.17) is 9.84 Å². The van der Waals surface area contributed by atoms with Gasteiger partial charge in [-0.1, -0.05) is 12.1 Å². The number of nitrogens with zero attached hydrogens (tertiary/aromatic N) is 1. The minimum Gasteiger partial charge on any atom is -0.394 e. The molecular formula is C16H17FN2O6. The Hall–Kier alpha value is -2.33. The third-order valence-corrected chi connectivity index (χ3v) is 4.15. The zero-order valence-corrected chi connectivity index (χ0v) is 13.0. The number of hydrogen-bond donors (Lipinski definition) is 4. The van der Waals surface area contributed by atoms with Crippen LogP contribution in [0.2, 0.25) is 0 Å². The molecule has 8 nitrogen and oxygen atoms in total. The number of H-pyrrole nitrogens is 1. The summed E-state index contributed by atoms with van der Waals surface area (Å²) in [6.45, 7) is -0.459. The minimum atomic E-state index is -1.42. The van der Waals surface area contributed by atoms with Crippen molar-refractivity contribution in [3.63, 3.8) is 0 Å². The average Bonchev–Trinajstić information content (AvgIpc) is 2.87. The molecule has 1 aromatic carbocycles. The number of hydrogen-bond acceptors (Lipinski definition) is 6. The number of aromatic amines is 1. The molecule has 2 aromatic rings. The van der Waals surface area contributed by atoms with Crippen molar-refractivity contribution >= 4 is 0 Å². The van der Waals surface area contributed by atoms with E-state index in [-0.39, 0.29) is 12.1 Å². The van der Waals surface area contributed by atoms with Crippen LogP contribution in [0.3, 0.4) is 0 Å². The van der Waals surface area contributed by atoms with E-state index < -0.39 is 48.1 Å². The number of ether oxygens (including phenoxy) is 1. The number of nitrogens with one attached hydrogen (secondary N) is 1. The van der Waals surface area contributed by atoms with Gasteiger partial charge in [0.15, 0.2) is 0 Å². The Morgan fingerprint density at radius 2 is 1.84 bits per heavy atom. The first-order valence-electron chi connectivity index (χ1n) is 7.61. The van der Waals surface area contributed by atoms with E-state index in [2.05, 4.69) is 4.98 Å². The van der Waals surface area contributed by atoms with Crippen LogP contribution in [0.1, 0.15) is 17.2 Å². The lowest BCUT2D eigenvalue weighted by Crippen LogP contribution is -2.36. The van der Waals surface area contributed by atoms with E-state index >= 15 is 0 Å². The third kappa shape index (κ3) is 3.40. The average molecular weight is 352 g/mol. The maximum absolute atomic E-state index is 13.0. The Morgan fingerprint density at radius 1 is 1.16 bits per heavy atom. The molecule has 1 saturated heterocycles. The molecule has 25 heavy (non-hydrogen) atoms. The molecule has 2 heterocycles. The van der Waals surface area contributed by atoms with Gasteiger partial charge in [-0.15, -0.1) is 0 Å². The molecule has 0 radical (unpaired) electrons. The Kier molecular flexibility index (Phi) is 4.82. The van der Waals surface area contributed by atoms with Crippen molar-refractivity contribution in [3.05, 3.63) is 68.2 Å². The molecule has 4 atom stereocenters. The second-order valence-corrected chi connectivity index (χ2v) is 5.86. The number of aliphatic hydroxyl groups excluding tert-OH is 3. The van der Waals surface area contributed by atoms with Gasteiger partial charge in [0.1, 0.15) is 30.2 Å². The summed E-state index contributed by atoms with van der Waals surface area (Å²) in [5, 5.41) is 29.0. The molecule has 1 fully saturated rings. The highest BCUT2D eigenvalue weighted by Crippen LogP contribution is 2.31. The number of halogens is 1. The first-order valence-corrected chi connectivity index (χ1v) is 7.61. The molecule has 0 aliphatic carbocycles. The molecule has 0 bridgehead atoms. The molecule has 0 unspecified atom stereocenters. The van der Waals surface area contributed by atoms with Crippen LogP contribution in [0.5, 0.6) is 0 Å². The highest BCUT2D eigenvalue weighted by atomic mass is 19.1. The van der Waals surface area contributed by atoms with Crippen LogP contribution in [0.25, 0.3) is 0 Å². The summed E-state index contributed by atoms with van der Waals surface area (Å²) < 4.78 is 19.5. The van der Waals surface area contributed by atoms with E-state index in [1.54, 1.807) is 0 Å². The standard InChI is InChI=1S/C16H17FN2O6/c17-9-3-1-8(2-4-9)5-19-6-10(15(23)18-16(19)24)14-13(22)12(21)11(7-20)25-14/h1-4,6,11-14,20-22H,5,7H2,(H,18,23,24)/t11-,12-,13-,14+/m1/s1. The van der Waals surface area contributed by atoms with E-state index in [1.165, 1.54) is 35.0 Å². The fraction of sp³-hybridized carbons (Fsp3) is 0.375. The van der Waals surface area contributed by atoms with E-state index in [0.29, 0.717) is 5.56 Å². The highest BCUT2D eigenvalue weighted by Gasteiger charge is 2.44. The Bertz CT molecular complexity index is 862. The van der Waals surface area contributed by atoms with Gasteiger partial charge < -0.3 is 20.1 Å². The van der Waals surface area contributed by atoms with E-state index in [0.717, 1.165) is 0 Å². The Balaban J connectivity index is 1.95. The van der Waals surface area contributed by atoms with Crippen molar-refractivity contribution in [3.8, 4) is 0 Å². The van der Waals surface area contributed by atoms with Gasteiger partial charge in [0.25, 0.3) is 5.56 Å². The smallest absolute Gasteiger partial charge is 0.328 e. The van der Waals surface area contributed by atoms with Gasteiger partial charge in [0.05, 0.1) is 18.7 Å². The number of rotatable bonds is 4. The summed E-state index contributed by atoms with van der Waals surface area (Å²) in [4.78, 5) is 26.2. The second kappa shape index (κ2) is 6.89. The van der Waals surface area contributed by atoms with Crippen LogP contribution >= 0.6 is 0 Å². The predicted octanol–water partition coefficient (Wildman–Crippen LogP) is -1.12. The van der Waals surface area contributed by atoms with E-state index in [1.807, 2.05) is 0 Å². The number of aliphatic hydroxyl groups is 3. The van der Waals surface area contributed by atoms with Gasteiger partial charge in [-0.3, -0.25) is 14.3 Å². The number of aromatic nitrogens is 2. The largest absolute Gasteiger partial charge is 0.394 e. The zero-order valence-electron chi connectivity index (χ0n) is 13.0. The monoisotopic (exact) mass is 352 g/mol. The molecule has 0 saturated carbocycles. The summed E-state index contributed by atoms with van der Waals surface area (Å²) in [6, 6.07) is 5.50. The SMILES string of the molecule is O=c1[nH]c(=O)n(Cc2ccc(F)cc2)cc1[C@@H]1O[C@H](CO)[C@@H](O)[C@H]1O. The summed E-state index contributed by atoms with van der Waals surface area (Å²) in [6.07, 6.45) is -3.76. The van der Waals surface area contributed by atoms with Gasteiger partial charge in [0.2, 0.25) is 0 Å². The summed E-state index contributed by atoms with van der Waals surface area (Å²) in [5.74, 6) is -0.412. The van der Waals surface area contributed by atoms with Crippen LogP contribution in [0.4, 0.5) is 4.39 Å². The van der Waals surface area contributed by atoms with Gasteiger partial charge in [-0.2, -0.15) is 0 Å². The first kappa shape index (κ1) is 17.5. The summed E-state index contributed by atoms with van der Waals surface area (Å²) in [5.41, 5.74) is -0.855. The normalized spacial score (nSPS) is 26.1. The molecule has 1 aromatic heterocycles. The van der Waals surface area contributed by atoms with Crippen molar-refractivity contribution in [1.82, 2.24) is 9.55 Å². The van der Waals surface area contributed by atoms with Gasteiger partial charge in [-0.25, -0.2) is 9.18 Å². The molecule has 9 heteroatoms. The lowest BCUT2D eigenvalue weighted by atomic mass is 10.0. The zero-order chi connectivity index (χ0) is 18.1. The Labute approximate surface area is 140 Å². The van der Waals surface area contributed by atoms with Crippen LogP contribution in [0, 0.1) is 5.82 Å². The maximum Gasteiger partial charge on any atom is 0.328 e. The first-order chi connectivity index (χ1) is 11.9. The molecule has 1 aliphatic rings. The molecule has 4 N–H and O–H groups in total. The molecule has 0 spiro atoms. The Morgan fingerprint density at radius 3 is 2.44 bits per heavy atom. The maximum atomic E-state index is 13.0.